The van der Waals surface area contributed by atoms with E-state index in [1.807, 2.05) is 13.0 Å². The lowest BCUT2D eigenvalue weighted by Gasteiger charge is -2.28. The van der Waals surface area contributed by atoms with Gasteiger partial charge in [-0.1, -0.05) is 19.3 Å². The first kappa shape index (κ1) is 13.8. The molecule has 0 saturated carbocycles. The summed E-state index contributed by atoms with van der Waals surface area (Å²) in [5.74, 6) is 8.16. The molecule has 1 aliphatic rings. The summed E-state index contributed by atoms with van der Waals surface area (Å²) in [6.07, 6.45) is 3.29. The summed E-state index contributed by atoms with van der Waals surface area (Å²) < 4.78 is 0. The number of nitrogens with one attached hydrogen (secondary N) is 1. The molecule has 4 heteroatoms. The van der Waals surface area contributed by atoms with Gasteiger partial charge in [-0.25, -0.2) is 9.97 Å². The van der Waals surface area contributed by atoms with Crippen molar-refractivity contribution >= 4 is 5.82 Å². The Labute approximate surface area is 115 Å². The molecule has 19 heavy (non-hydrogen) atoms. The van der Waals surface area contributed by atoms with E-state index in [9.17, 15) is 0 Å². The first-order valence-corrected chi connectivity index (χ1v) is 7.10. The summed E-state index contributed by atoms with van der Waals surface area (Å²) in [6, 6.07) is 2.01. The molecular formula is C15H22N4. The Morgan fingerprint density at radius 2 is 2.11 bits per heavy atom. The Morgan fingerprint density at radius 3 is 2.84 bits per heavy atom. The van der Waals surface area contributed by atoms with Crippen molar-refractivity contribution in [1.82, 2.24) is 15.3 Å². The molecule has 0 spiro atoms. The van der Waals surface area contributed by atoms with E-state index in [1.165, 1.54) is 6.42 Å². The lowest BCUT2D eigenvalue weighted by Crippen LogP contribution is -2.44. The fraction of sp³-hybridized carbons (Fsp3) is 0.600. The average molecular weight is 258 g/mol. The number of aryl methyl sites for hydroxylation is 1. The van der Waals surface area contributed by atoms with Crippen LogP contribution in [0.4, 0.5) is 5.82 Å². The van der Waals surface area contributed by atoms with Crippen LogP contribution >= 0.6 is 0 Å². The van der Waals surface area contributed by atoms with Crippen LogP contribution in [0, 0.1) is 18.8 Å². The van der Waals surface area contributed by atoms with Crippen molar-refractivity contribution in [3.05, 3.63) is 17.6 Å². The maximum atomic E-state index is 4.52. The van der Waals surface area contributed by atoms with Crippen LogP contribution in [0.2, 0.25) is 0 Å². The molecule has 1 aliphatic heterocycles. The molecule has 0 atom stereocenters. The van der Waals surface area contributed by atoms with Crippen molar-refractivity contribution in [1.29, 1.82) is 0 Å². The largest absolute Gasteiger partial charge is 0.354 e. The molecule has 2 heterocycles. The van der Waals surface area contributed by atoms with Gasteiger partial charge in [-0.05, 0) is 19.3 Å². The van der Waals surface area contributed by atoms with Crippen LogP contribution in [0.25, 0.3) is 0 Å². The number of unbranched alkanes of at least 4 members (excludes halogenated alkanes) is 2. The quantitative estimate of drug-likeness (QED) is 0.662. The molecule has 1 fully saturated rings. The number of hydrogen-bond donors (Lipinski definition) is 1. The van der Waals surface area contributed by atoms with Crippen LogP contribution < -0.4 is 10.2 Å². The summed E-state index contributed by atoms with van der Waals surface area (Å²) in [5.41, 5.74) is 0.845. The van der Waals surface area contributed by atoms with Crippen LogP contribution in [0.5, 0.6) is 0 Å². The third kappa shape index (κ3) is 4.22. The Kier molecular flexibility index (Phi) is 5.17. The number of anilines is 1. The molecule has 102 valence electrons. The standard InChI is InChI=1S/C15H22N4/c1-3-4-5-6-7-14-12-15(18-13(2)17-14)19-10-8-16-9-11-19/h12,16H,3-5,8-11H2,1-2H3. The van der Waals surface area contributed by atoms with Crippen LogP contribution in [-0.4, -0.2) is 36.1 Å². The number of nitrogens with zero attached hydrogens (tertiary/aromatic N) is 3. The molecule has 0 amide bonds. The van der Waals surface area contributed by atoms with Crippen LogP contribution in [-0.2, 0) is 0 Å². The Bertz CT molecular complexity index is 467. The first-order chi connectivity index (χ1) is 9.29. The van der Waals surface area contributed by atoms with E-state index < -0.39 is 0 Å². The van der Waals surface area contributed by atoms with Crippen LogP contribution in [0.3, 0.4) is 0 Å². The second-order valence-electron chi connectivity index (χ2n) is 4.80. The van der Waals surface area contributed by atoms with Crippen molar-refractivity contribution in [3.8, 4) is 11.8 Å². The summed E-state index contributed by atoms with van der Waals surface area (Å²) in [4.78, 5) is 11.2. The topological polar surface area (TPSA) is 41.0 Å². The second-order valence-corrected chi connectivity index (χ2v) is 4.80. The highest BCUT2D eigenvalue weighted by molar-refractivity contribution is 5.44. The van der Waals surface area contributed by atoms with E-state index in [2.05, 4.69) is 38.9 Å². The second kappa shape index (κ2) is 7.10. The molecule has 4 nitrogen and oxygen atoms in total. The Morgan fingerprint density at radius 1 is 1.32 bits per heavy atom. The lowest BCUT2D eigenvalue weighted by molar-refractivity contribution is 0.584. The van der Waals surface area contributed by atoms with Crippen molar-refractivity contribution in [2.45, 2.75) is 33.1 Å². The number of hydrogen-bond acceptors (Lipinski definition) is 4. The molecule has 1 saturated heterocycles. The van der Waals surface area contributed by atoms with E-state index in [4.69, 9.17) is 0 Å². The Balaban J connectivity index is 2.11. The van der Waals surface area contributed by atoms with E-state index in [1.54, 1.807) is 0 Å². The molecule has 0 aromatic carbocycles. The summed E-state index contributed by atoms with van der Waals surface area (Å²) >= 11 is 0. The third-order valence-electron chi connectivity index (χ3n) is 3.14. The van der Waals surface area contributed by atoms with Crippen molar-refractivity contribution in [2.24, 2.45) is 0 Å². The highest BCUT2D eigenvalue weighted by atomic mass is 15.2. The van der Waals surface area contributed by atoms with Gasteiger partial charge in [0.25, 0.3) is 0 Å². The molecule has 2 rings (SSSR count). The third-order valence-corrected chi connectivity index (χ3v) is 3.14. The molecule has 1 N–H and O–H groups in total. The predicted molar refractivity (Wildman–Crippen MR) is 78.3 cm³/mol. The van der Waals surface area contributed by atoms with Gasteiger partial charge in [0.05, 0.1) is 0 Å². The Hall–Kier alpha value is -1.60. The molecule has 0 bridgehead atoms. The molecule has 0 unspecified atom stereocenters. The zero-order chi connectivity index (χ0) is 13.5. The minimum Gasteiger partial charge on any atom is -0.354 e. The van der Waals surface area contributed by atoms with Gasteiger partial charge in [0.1, 0.15) is 17.3 Å². The zero-order valence-corrected chi connectivity index (χ0v) is 11.9. The number of piperazine rings is 1. The molecule has 1 aromatic rings. The van der Waals surface area contributed by atoms with E-state index in [0.29, 0.717) is 0 Å². The lowest BCUT2D eigenvalue weighted by atomic mass is 10.2. The maximum absolute atomic E-state index is 4.52. The van der Waals surface area contributed by atoms with Gasteiger partial charge in [0.2, 0.25) is 0 Å². The van der Waals surface area contributed by atoms with Gasteiger partial charge < -0.3 is 10.2 Å². The summed E-state index contributed by atoms with van der Waals surface area (Å²) in [5, 5.41) is 3.35. The fourth-order valence-electron chi connectivity index (χ4n) is 2.09. The van der Waals surface area contributed by atoms with Crippen LogP contribution in [0.15, 0.2) is 6.07 Å². The van der Waals surface area contributed by atoms with Gasteiger partial charge in [-0.3, -0.25) is 0 Å². The highest BCUT2D eigenvalue weighted by Gasteiger charge is 2.12. The van der Waals surface area contributed by atoms with Crippen molar-refractivity contribution < 1.29 is 0 Å². The summed E-state index contributed by atoms with van der Waals surface area (Å²) in [6.45, 7) is 8.14. The van der Waals surface area contributed by atoms with Crippen molar-refractivity contribution in [3.63, 3.8) is 0 Å². The predicted octanol–water partition coefficient (Wildman–Crippen LogP) is 1.74. The first-order valence-electron chi connectivity index (χ1n) is 7.10. The monoisotopic (exact) mass is 258 g/mol. The minimum atomic E-state index is 0.802. The van der Waals surface area contributed by atoms with E-state index in [0.717, 1.165) is 56.4 Å². The van der Waals surface area contributed by atoms with E-state index in [-0.39, 0.29) is 0 Å². The van der Waals surface area contributed by atoms with E-state index >= 15 is 0 Å². The normalized spacial score (nSPS) is 14.9. The van der Waals surface area contributed by atoms with Crippen molar-refractivity contribution in [2.75, 3.05) is 31.1 Å². The van der Waals surface area contributed by atoms with Gasteiger partial charge >= 0.3 is 0 Å². The number of aromatic nitrogens is 2. The van der Waals surface area contributed by atoms with Gasteiger partial charge in [0.15, 0.2) is 0 Å². The molecule has 0 radical (unpaired) electrons. The zero-order valence-electron chi connectivity index (χ0n) is 11.9. The SMILES string of the molecule is CCCCC#Cc1cc(N2CCNCC2)nc(C)n1. The van der Waals surface area contributed by atoms with Crippen LogP contribution in [0.1, 0.15) is 37.7 Å². The van der Waals surface area contributed by atoms with Gasteiger partial charge in [0, 0.05) is 38.7 Å². The molecule has 1 aromatic heterocycles. The molecule has 0 aliphatic carbocycles. The average Bonchev–Trinajstić information content (AvgIpc) is 2.44. The summed E-state index contributed by atoms with van der Waals surface area (Å²) in [7, 11) is 0. The van der Waals surface area contributed by atoms with Gasteiger partial charge in [-0.15, -0.1) is 0 Å². The minimum absolute atomic E-state index is 0.802. The maximum Gasteiger partial charge on any atom is 0.133 e. The molecular weight excluding hydrogens is 236 g/mol. The smallest absolute Gasteiger partial charge is 0.133 e. The fourth-order valence-corrected chi connectivity index (χ4v) is 2.09. The number of rotatable bonds is 3. The van der Waals surface area contributed by atoms with Gasteiger partial charge in [-0.2, -0.15) is 0 Å². The highest BCUT2D eigenvalue weighted by Crippen LogP contribution is 2.12.